The predicted octanol–water partition coefficient (Wildman–Crippen LogP) is 3.67. The van der Waals surface area contributed by atoms with E-state index >= 15 is 0 Å². The molecule has 0 radical (unpaired) electrons. The topological polar surface area (TPSA) is 64.1 Å². The third-order valence-corrected chi connectivity index (χ3v) is 3.58. The van der Waals surface area contributed by atoms with Gasteiger partial charge in [0, 0.05) is 44.4 Å². The number of alkyl halides is 2. The van der Waals surface area contributed by atoms with Crippen LogP contribution in [-0.2, 0) is 16.0 Å². The minimum atomic E-state index is -2.89. The normalized spacial score (nSPS) is 11.3. The van der Waals surface area contributed by atoms with Crippen LogP contribution >= 0.6 is 35.6 Å². The number of hydrogen-bond acceptors (Lipinski definition) is 4. The molecule has 6 nitrogen and oxygen atoms in total. The number of halogens is 4. The molecule has 0 heterocycles. The van der Waals surface area contributed by atoms with Crippen LogP contribution in [-0.4, -0.2) is 53.1 Å². The number of benzene rings is 1. The Morgan fingerprint density at radius 2 is 1.96 bits per heavy atom. The molecule has 0 saturated carbocycles. The number of nitrogens with zero attached hydrogens (tertiary/aromatic N) is 1. The van der Waals surface area contributed by atoms with Gasteiger partial charge in [-0.1, -0.05) is 11.6 Å². The Balaban J connectivity index is 0.00000676. The van der Waals surface area contributed by atoms with Gasteiger partial charge in [-0.15, -0.1) is 24.0 Å². The van der Waals surface area contributed by atoms with Gasteiger partial charge in [0.1, 0.15) is 5.75 Å². The Bertz CT molecular complexity index is 554. The maximum atomic E-state index is 12.5. The average Bonchev–Trinajstić information content (AvgIpc) is 2.61. The molecule has 0 bridgehead atoms. The van der Waals surface area contributed by atoms with E-state index in [-0.39, 0.29) is 36.3 Å². The van der Waals surface area contributed by atoms with Gasteiger partial charge in [0.15, 0.2) is 5.96 Å². The molecule has 156 valence electrons. The third kappa shape index (κ3) is 12.2. The summed E-state index contributed by atoms with van der Waals surface area (Å²) in [5.74, 6) is 0.647. The van der Waals surface area contributed by atoms with Crippen molar-refractivity contribution >= 4 is 41.5 Å². The molecule has 1 rings (SSSR count). The molecule has 0 aliphatic carbocycles. The summed E-state index contributed by atoms with van der Waals surface area (Å²) < 4.78 is 39.7. The molecular weight excluding hydrogens is 495 g/mol. The van der Waals surface area contributed by atoms with E-state index in [1.165, 1.54) is 12.1 Å². The van der Waals surface area contributed by atoms with Gasteiger partial charge in [-0.3, -0.25) is 4.99 Å². The first-order valence-electron chi connectivity index (χ1n) is 8.31. The zero-order valence-corrected chi connectivity index (χ0v) is 18.6. The number of nitrogens with one attached hydrogen (secondary N) is 2. The van der Waals surface area contributed by atoms with Gasteiger partial charge < -0.3 is 24.8 Å². The summed E-state index contributed by atoms with van der Waals surface area (Å²) in [6, 6.07) is 4.51. The first-order chi connectivity index (χ1) is 12.6. The van der Waals surface area contributed by atoms with Crippen molar-refractivity contribution in [1.82, 2.24) is 10.6 Å². The van der Waals surface area contributed by atoms with E-state index in [2.05, 4.69) is 20.4 Å². The van der Waals surface area contributed by atoms with Crippen molar-refractivity contribution in [2.24, 2.45) is 4.99 Å². The van der Waals surface area contributed by atoms with E-state index in [4.69, 9.17) is 21.1 Å². The molecule has 0 unspecified atom stereocenters. The van der Waals surface area contributed by atoms with Crippen molar-refractivity contribution in [3.63, 3.8) is 0 Å². The molecule has 0 saturated heterocycles. The highest BCUT2D eigenvalue weighted by Gasteiger charge is 2.10. The van der Waals surface area contributed by atoms with Crippen LogP contribution in [0.1, 0.15) is 18.4 Å². The van der Waals surface area contributed by atoms with Crippen molar-refractivity contribution in [1.29, 1.82) is 0 Å². The molecule has 0 aliphatic heterocycles. The first-order valence-corrected chi connectivity index (χ1v) is 8.69. The fourth-order valence-electron chi connectivity index (χ4n) is 2.08. The summed E-state index contributed by atoms with van der Waals surface area (Å²) in [7, 11) is 3.27. The van der Waals surface area contributed by atoms with Crippen molar-refractivity contribution in [2.75, 3.05) is 40.5 Å². The first kappa shape index (κ1) is 26.1. The van der Waals surface area contributed by atoms with Gasteiger partial charge in [0.2, 0.25) is 0 Å². The molecule has 0 fully saturated rings. The quantitative estimate of drug-likeness (QED) is 0.190. The van der Waals surface area contributed by atoms with Crippen molar-refractivity contribution in [2.45, 2.75) is 26.0 Å². The predicted molar refractivity (Wildman–Crippen MR) is 114 cm³/mol. The molecule has 0 atom stereocenters. The summed E-state index contributed by atoms with van der Waals surface area (Å²) in [6.45, 7) is -0.0659. The molecule has 0 aromatic heterocycles. The summed E-state index contributed by atoms with van der Waals surface area (Å²) in [6.07, 6.45) is 1.82. The summed E-state index contributed by atoms with van der Waals surface area (Å²) in [5.41, 5.74) is 0.521. The Morgan fingerprint density at radius 1 is 1.19 bits per heavy atom. The lowest BCUT2D eigenvalue weighted by atomic mass is 10.2. The molecule has 27 heavy (non-hydrogen) atoms. The lowest BCUT2D eigenvalue weighted by Crippen LogP contribution is -2.37. The monoisotopic (exact) mass is 521 g/mol. The smallest absolute Gasteiger partial charge is 0.387 e. The number of unbranched alkanes of at least 4 members (excludes halogenated alkanes) is 1. The standard InChI is InChI=1S/C17H26ClF2N3O3.HI/c1-21-17(22-7-3-4-8-25-10-9-24-2)23-12-13-11-14(18)5-6-15(13)26-16(19)20;/h5-6,11,16H,3-4,7-10,12H2,1-2H3,(H2,21,22,23);1H. The second kappa shape index (κ2) is 16.1. The minimum absolute atomic E-state index is 0. The highest BCUT2D eigenvalue weighted by molar-refractivity contribution is 14.0. The molecule has 0 spiro atoms. The van der Waals surface area contributed by atoms with E-state index in [9.17, 15) is 8.78 Å². The largest absolute Gasteiger partial charge is 0.434 e. The van der Waals surface area contributed by atoms with Crippen LogP contribution in [0.2, 0.25) is 5.02 Å². The Morgan fingerprint density at radius 3 is 2.63 bits per heavy atom. The highest BCUT2D eigenvalue weighted by Crippen LogP contribution is 2.24. The third-order valence-electron chi connectivity index (χ3n) is 3.35. The Hall–Kier alpha value is -0.910. The fourth-order valence-corrected chi connectivity index (χ4v) is 2.27. The molecule has 1 aromatic carbocycles. The number of aliphatic imine (C=N–C) groups is 1. The number of methoxy groups -OCH3 is 1. The van der Waals surface area contributed by atoms with E-state index in [0.29, 0.717) is 42.9 Å². The van der Waals surface area contributed by atoms with Crippen LogP contribution in [0, 0.1) is 0 Å². The molecule has 0 aliphatic rings. The summed E-state index contributed by atoms with van der Waals surface area (Å²) in [4.78, 5) is 4.10. The highest BCUT2D eigenvalue weighted by atomic mass is 127. The number of guanidine groups is 1. The number of ether oxygens (including phenoxy) is 3. The molecule has 2 N–H and O–H groups in total. The average molecular weight is 522 g/mol. The van der Waals surface area contributed by atoms with E-state index in [1.807, 2.05) is 0 Å². The molecule has 10 heteroatoms. The van der Waals surface area contributed by atoms with Gasteiger partial charge in [0.25, 0.3) is 0 Å². The van der Waals surface area contributed by atoms with Crippen LogP contribution < -0.4 is 15.4 Å². The molecule has 0 amide bonds. The van der Waals surface area contributed by atoms with Gasteiger partial charge in [-0.2, -0.15) is 8.78 Å². The molecular formula is C17H27ClF2IN3O3. The summed E-state index contributed by atoms with van der Waals surface area (Å²) >= 11 is 5.93. The fraction of sp³-hybridized carbons (Fsp3) is 0.588. The van der Waals surface area contributed by atoms with Crippen LogP contribution in [0.15, 0.2) is 23.2 Å². The van der Waals surface area contributed by atoms with Crippen LogP contribution in [0.4, 0.5) is 8.78 Å². The van der Waals surface area contributed by atoms with Gasteiger partial charge >= 0.3 is 6.61 Å². The lowest BCUT2D eigenvalue weighted by molar-refractivity contribution is -0.0504. The maximum absolute atomic E-state index is 12.5. The zero-order chi connectivity index (χ0) is 19.2. The zero-order valence-electron chi connectivity index (χ0n) is 15.5. The second-order valence-electron chi connectivity index (χ2n) is 5.30. The van der Waals surface area contributed by atoms with Crippen LogP contribution in [0.25, 0.3) is 0 Å². The van der Waals surface area contributed by atoms with Crippen molar-refractivity contribution in [3.05, 3.63) is 28.8 Å². The van der Waals surface area contributed by atoms with Crippen molar-refractivity contribution in [3.8, 4) is 5.75 Å². The van der Waals surface area contributed by atoms with Gasteiger partial charge in [0.05, 0.1) is 13.2 Å². The summed E-state index contributed by atoms with van der Waals surface area (Å²) in [5, 5.41) is 6.65. The Labute approximate surface area is 181 Å². The minimum Gasteiger partial charge on any atom is -0.434 e. The maximum Gasteiger partial charge on any atom is 0.387 e. The van der Waals surface area contributed by atoms with Crippen LogP contribution in [0.5, 0.6) is 5.75 Å². The van der Waals surface area contributed by atoms with Crippen LogP contribution in [0.3, 0.4) is 0 Å². The van der Waals surface area contributed by atoms with Crippen molar-refractivity contribution < 1.29 is 23.0 Å². The SMILES string of the molecule is CN=C(NCCCCOCCOC)NCc1cc(Cl)ccc1OC(F)F.I. The lowest BCUT2D eigenvalue weighted by Gasteiger charge is -2.15. The van der Waals surface area contributed by atoms with Gasteiger partial charge in [-0.05, 0) is 31.0 Å². The number of rotatable bonds is 12. The van der Waals surface area contributed by atoms with E-state index in [0.717, 1.165) is 12.8 Å². The van der Waals surface area contributed by atoms with E-state index in [1.54, 1.807) is 20.2 Å². The Kier molecular flexibility index (Phi) is 15.5. The number of hydrogen-bond donors (Lipinski definition) is 2. The van der Waals surface area contributed by atoms with E-state index < -0.39 is 6.61 Å². The van der Waals surface area contributed by atoms with Gasteiger partial charge in [-0.25, -0.2) is 0 Å². The second-order valence-corrected chi connectivity index (χ2v) is 5.73. The molecule has 1 aromatic rings.